The third kappa shape index (κ3) is 46.8. The van der Waals surface area contributed by atoms with Gasteiger partial charge in [0.2, 0.25) is 0 Å². The minimum atomic E-state index is -0.1000. The Kier molecular flexibility index (Phi) is 214. The maximum absolute atomic E-state index is 8.42. The van der Waals surface area contributed by atoms with E-state index in [2.05, 4.69) is 0 Å². The molecule has 0 atom stereocenters. The average molecular weight is 413 g/mol. The van der Waals surface area contributed by atoms with Crippen molar-refractivity contribution in [2.24, 2.45) is 0 Å². The van der Waals surface area contributed by atoms with Gasteiger partial charge in [-0.15, -0.1) is 0 Å². The van der Waals surface area contributed by atoms with Crippen molar-refractivity contribution in [2.45, 2.75) is 0 Å². The summed E-state index contributed by atoms with van der Waals surface area (Å²) < 4.78 is 25.1. The monoisotopic (exact) mass is 412 g/mol. The molecule has 0 unspecified atom stereocenters. The van der Waals surface area contributed by atoms with Gasteiger partial charge in [-0.1, -0.05) is 0 Å². The first kappa shape index (κ1) is 15.6. The molecule has 0 aliphatic rings. The standard InChI is InChI=1S/In.3O.W.Zn.H. The Morgan fingerprint density at radius 1 is 1.17 bits per heavy atom. The quantitative estimate of drug-likeness (QED) is 0.479. The van der Waals surface area contributed by atoms with Gasteiger partial charge in [0.15, 0.2) is 0 Å². The second kappa shape index (κ2) is 82.0. The number of hydrogen-bond donors (Lipinski definition) is 0. The molecule has 3 nitrogen and oxygen atoms in total. The first-order valence-electron chi connectivity index (χ1n) is 0.744. The van der Waals surface area contributed by atoms with Crippen LogP contribution in [0, 0.1) is 0 Å². The summed E-state index contributed by atoms with van der Waals surface area (Å²) in [6, 6.07) is 0. The zero-order valence-corrected chi connectivity index (χ0v) is 13.0. The zero-order valence-electron chi connectivity index (χ0n) is 3.05. The molecule has 6 heteroatoms. The van der Waals surface area contributed by atoms with Crippen molar-refractivity contribution < 1.29 is 47.9 Å². The fourth-order valence-electron chi connectivity index (χ4n) is 0. The molecule has 0 heterocycles. The molecule has 0 aromatic rings. The van der Waals surface area contributed by atoms with Gasteiger partial charge in [0.05, 0.1) is 0 Å². The molecule has 0 radical (unpaired) electrons. The van der Waals surface area contributed by atoms with Gasteiger partial charge in [0.1, 0.15) is 0 Å². The van der Waals surface area contributed by atoms with E-state index in [0.717, 1.165) is 0 Å². The van der Waals surface area contributed by atoms with Gasteiger partial charge in [-0.2, -0.15) is 0 Å². The van der Waals surface area contributed by atoms with E-state index in [4.69, 9.17) is 9.83 Å². The van der Waals surface area contributed by atoms with Crippen LogP contribution in [0.4, 0.5) is 0 Å². The molecule has 0 N–H and O–H groups in total. The van der Waals surface area contributed by atoms with Gasteiger partial charge < -0.3 is 0 Å². The van der Waals surface area contributed by atoms with Gasteiger partial charge in [-0.3, -0.25) is 0 Å². The minimum absolute atomic E-state index is 0.1000. The summed E-state index contributed by atoms with van der Waals surface area (Å²) in [5, 5.41) is 0. The molecule has 0 rings (SSSR count). The van der Waals surface area contributed by atoms with Crippen molar-refractivity contribution in [1.29, 1.82) is 0 Å². The molecule has 0 aliphatic heterocycles. The SMILES string of the molecule is [O]=[InH].[O]=[W].[O]=[Zn]. The van der Waals surface area contributed by atoms with Gasteiger partial charge >= 0.3 is 72.2 Å². The van der Waals surface area contributed by atoms with Crippen molar-refractivity contribution in [3.05, 3.63) is 0 Å². The van der Waals surface area contributed by atoms with E-state index >= 15 is 0 Å². The van der Waals surface area contributed by atoms with E-state index in [9.17, 15) is 0 Å². The van der Waals surface area contributed by atoms with Gasteiger partial charge in [-0.25, -0.2) is 0 Å². The molecule has 0 bridgehead atoms. The fraction of sp³-hybridized carbons (Fsp3) is 0. The van der Waals surface area contributed by atoms with Crippen LogP contribution in [0.15, 0.2) is 0 Å². The molecular formula is HInO3WZn. The zero-order chi connectivity index (χ0) is 6.00. The van der Waals surface area contributed by atoms with Gasteiger partial charge in [-0.05, 0) is 0 Å². The first-order chi connectivity index (χ1) is 3.00. The Morgan fingerprint density at radius 3 is 1.17 bits per heavy atom. The van der Waals surface area contributed by atoms with Crippen LogP contribution < -0.4 is 0 Å². The summed E-state index contributed by atoms with van der Waals surface area (Å²) >= 11 is 0.358. The maximum atomic E-state index is 8.42. The number of hydrogen-bond acceptors (Lipinski definition) is 3. The molecule has 0 saturated carbocycles. The third-order valence-corrected chi connectivity index (χ3v) is 0. The van der Waals surface area contributed by atoms with Crippen LogP contribution in [-0.2, 0) is 47.9 Å². The van der Waals surface area contributed by atoms with Gasteiger partial charge in [0, 0.05) is 0 Å². The Bertz CT molecular complexity index is 15.5. The van der Waals surface area contributed by atoms with Gasteiger partial charge in [0.25, 0.3) is 0 Å². The Balaban J connectivity index is -0.0000000225. The van der Waals surface area contributed by atoms with E-state index in [1.807, 2.05) is 0 Å². The summed E-state index contributed by atoms with van der Waals surface area (Å²) in [5.41, 5.74) is 0. The normalized spacial score (nSPS) is 2.17. The molecule has 30 valence electrons. The van der Waals surface area contributed by atoms with Crippen molar-refractivity contribution in [3.63, 3.8) is 0 Å². The van der Waals surface area contributed by atoms with Crippen LogP contribution in [0.1, 0.15) is 0 Å². The molecule has 0 saturated heterocycles. The Morgan fingerprint density at radius 2 is 1.17 bits per heavy atom. The van der Waals surface area contributed by atoms with Crippen LogP contribution in [0.5, 0.6) is 0 Å². The van der Waals surface area contributed by atoms with Crippen LogP contribution in [0.3, 0.4) is 0 Å². The van der Waals surface area contributed by atoms with Crippen molar-refractivity contribution in [2.75, 3.05) is 0 Å². The van der Waals surface area contributed by atoms with Crippen LogP contribution in [0.2, 0.25) is 0 Å². The summed E-state index contributed by atoms with van der Waals surface area (Å²) in [4.78, 5) is 0. The molecule has 0 amide bonds. The first-order valence-corrected chi connectivity index (χ1v) is 4.80. The summed E-state index contributed by atoms with van der Waals surface area (Å²) in [6.45, 7) is 0. The van der Waals surface area contributed by atoms with Crippen LogP contribution in [0.25, 0.3) is 0 Å². The van der Waals surface area contributed by atoms with E-state index in [0.29, 0.717) is 19.8 Å². The second-order valence-corrected chi connectivity index (χ2v) is 0. The summed E-state index contributed by atoms with van der Waals surface area (Å²) in [7, 11) is 0. The van der Waals surface area contributed by atoms with Crippen LogP contribution >= 0.6 is 0 Å². The van der Waals surface area contributed by atoms with Crippen molar-refractivity contribution in [3.8, 4) is 0 Å². The number of rotatable bonds is 0. The third-order valence-electron chi connectivity index (χ3n) is 0. The van der Waals surface area contributed by atoms with Crippen LogP contribution in [-0.4, -0.2) is 24.4 Å². The topological polar surface area (TPSA) is 51.2 Å². The molecular weight excluding hydrogens is 412 g/mol. The summed E-state index contributed by atoms with van der Waals surface area (Å²) in [5.74, 6) is 0. The predicted octanol–water partition coefficient (Wildman–Crippen LogP) is -1.01. The van der Waals surface area contributed by atoms with E-state index in [1.165, 1.54) is 0 Å². The van der Waals surface area contributed by atoms with E-state index in [1.54, 1.807) is 0 Å². The second-order valence-electron chi connectivity index (χ2n) is 0. The predicted molar refractivity (Wildman–Crippen MR) is 9.21 cm³/mol. The molecule has 0 aliphatic carbocycles. The van der Waals surface area contributed by atoms with Crippen molar-refractivity contribution in [1.82, 2.24) is 0 Å². The van der Waals surface area contributed by atoms with E-state index < -0.39 is 0 Å². The van der Waals surface area contributed by atoms with E-state index in [-0.39, 0.29) is 42.6 Å². The Hall–Kier alpha value is 1.58. The van der Waals surface area contributed by atoms with Crippen molar-refractivity contribution >= 4 is 24.4 Å². The molecule has 0 spiro atoms. The summed E-state index contributed by atoms with van der Waals surface area (Å²) in [6.07, 6.45) is 0. The molecule has 0 aromatic carbocycles. The molecule has 0 fully saturated rings. The Labute approximate surface area is 71.4 Å². The molecule has 0 aromatic heterocycles. The fourth-order valence-corrected chi connectivity index (χ4v) is 0. The molecule has 6 heavy (non-hydrogen) atoms. The average Bonchev–Trinajstić information content (AvgIpc) is 1.81.